The Balaban J connectivity index is 2.86. The van der Waals surface area contributed by atoms with Crippen LogP contribution in [0.1, 0.15) is 58.3 Å². The second-order valence-corrected chi connectivity index (χ2v) is 3.27. The Morgan fingerprint density at radius 1 is 1.00 bits per heavy atom. The van der Waals surface area contributed by atoms with Crippen LogP contribution in [0.4, 0.5) is 0 Å². The molecule has 12 heavy (non-hydrogen) atoms. The Morgan fingerprint density at radius 3 is 2.00 bits per heavy atom. The molecule has 0 aromatic rings. The average Bonchev–Trinajstić information content (AvgIpc) is 2.02. The molecule has 0 aromatic heterocycles. The number of carboxylic acid groups (broad SMARTS) is 1. The van der Waals surface area contributed by atoms with E-state index in [0.29, 0.717) is 6.42 Å². The molecule has 1 N–H and O–H groups in total. The minimum Gasteiger partial charge on any atom is -0.481 e. The fraction of sp³-hybridized carbons (Fsp3) is 0.900. The van der Waals surface area contributed by atoms with Crippen molar-refractivity contribution in [3.8, 4) is 0 Å². The highest BCUT2D eigenvalue weighted by Gasteiger charge is 1.95. The van der Waals surface area contributed by atoms with E-state index in [0.717, 1.165) is 12.8 Å². The van der Waals surface area contributed by atoms with Gasteiger partial charge in [0.15, 0.2) is 0 Å². The number of hydrogen-bond acceptors (Lipinski definition) is 1. The lowest BCUT2D eigenvalue weighted by molar-refractivity contribution is -0.137. The van der Waals surface area contributed by atoms with Gasteiger partial charge in [-0.15, -0.1) is 0 Å². The first-order valence-corrected chi connectivity index (χ1v) is 4.99. The van der Waals surface area contributed by atoms with Gasteiger partial charge < -0.3 is 5.11 Å². The zero-order valence-corrected chi connectivity index (χ0v) is 8.01. The van der Waals surface area contributed by atoms with E-state index in [1.54, 1.807) is 0 Å². The van der Waals surface area contributed by atoms with Gasteiger partial charge in [-0.05, 0) is 6.42 Å². The molecule has 2 nitrogen and oxygen atoms in total. The van der Waals surface area contributed by atoms with Gasteiger partial charge in [0, 0.05) is 6.42 Å². The molecule has 0 unspecified atom stereocenters. The maximum atomic E-state index is 10.1. The Kier molecular flexibility index (Phi) is 8.19. The fourth-order valence-electron chi connectivity index (χ4n) is 1.23. The van der Waals surface area contributed by atoms with Crippen LogP contribution in [-0.2, 0) is 4.79 Å². The fourth-order valence-corrected chi connectivity index (χ4v) is 1.23. The van der Waals surface area contributed by atoms with Crippen molar-refractivity contribution in [2.45, 2.75) is 58.3 Å². The van der Waals surface area contributed by atoms with Crippen molar-refractivity contribution in [3.05, 3.63) is 0 Å². The normalized spacial score (nSPS) is 10.1. The Bertz CT molecular complexity index is 110. The molecule has 0 bridgehead atoms. The van der Waals surface area contributed by atoms with Crippen LogP contribution in [0.5, 0.6) is 0 Å². The standard InChI is InChI=1S/C10H20O2/c1-2-3-4-5-6-7-8-9-10(11)12/h2-9H2,1H3,(H,11,12)/i1+1. The van der Waals surface area contributed by atoms with Crippen molar-refractivity contribution >= 4 is 5.97 Å². The molecule has 0 heterocycles. The lowest BCUT2D eigenvalue weighted by atomic mass is 10.1. The van der Waals surface area contributed by atoms with Crippen molar-refractivity contribution < 1.29 is 9.90 Å². The SMILES string of the molecule is [13CH3]CCCCCCCCC(=O)O. The van der Waals surface area contributed by atoms with E-state index in [-0.39, 0.29) is 0 Å². The Morgan fingerprint density at radius 2 is 1.50 bits per heavy atom. The zero-order valence-electron chi connectivity index (χ0n) is 8.01. The average molecular weight is 173 g/mol. The molecule has 0 aromatic carbocycles. The largest absolute Gasteiger partial charge is 0.481 e. The highest BCUT2D eigenvalue weighted by Crippen LogP contribution is 2.07. The third-order valence-electron chi connectivity index (χ3n) is 1.99. The number of carboxylic acids is 1. The van der Waals surface area contributed by atoms with Crippen molar-refractivity contribution in [2.75, 3.05) is 0 Å². The summed E-state index contributed by atoms with van der Waals surface area (Å²) >= 11 is 0. The first-order chi connectivity index (χ1) is 5.77. The summed E-state index contributed by atoms with van der Waals surface area (Å²) in [5.74, 6) is -0.663. The molecule has 0 rings (SSSR count). The summed E-state index contributed by atoms with van der Waals surface area (Å²) in [4.78, 5) is 10.1. The molecular weight excluding hydrogens is 153 g/mol. The molecule has 2 heteroatoms. The molecular formula is C10H20O2. The van der Waals surface area contributed by atoms with Gasteiger partial charge in [-0.3, -0.25) is 4.79 Å². The Hall–Kier alpha value is -0.530. The zero-order chi connectivity index (χ0) is 9.23. The topological polar surface area (TPSA) is 37.3 Å². The third kappa shape index (κ3) is 9.47. The minimum atomic E-state index is -0.663. The quantitative estimate of drug-likeness (QED) is 0.452. The van der Waals surface area contributed by atoms with Crippen LogP contribution in [-0.4, -0.2) is 11.1 Å². The van der Waals surface area contributed by atoms with Crippen LogP contribution in [0.2, 0.25) is 0 Å². The van der Waals surface area contributed by atoms with E-state index in [2.05, 4.69) is 6.92 Å². The summed E-state index contributed by atoms with van der Waals surface area (Å²) in [7, 11) is 0. The van der Waals surface area contributed by atoms with Crippen LogP contribution in [0, 0.1) is 0 Å². The molecule has 0 fully saturated rings. The molecule has 0 saturated carbocycles. The summed E-state index contributed by atoms with van der Waals surface area (Å²) in [6, 6.07) is 0. The lowest BCUT2D eigenvalue weighted by Crippen LogP contribution is -1.93. The van der Waals surface area contributed by atoms with Gasteiger partial charge in [-0.2, -0.15) is 0 Å². The molecule has 72 valence electrons. The molecule has 0 radical (unpaired) electrons. The third-order valence-corrected chi connectivity index (χ3v) is 1.99. The van der Waals surface area contributed by atoms with E-state index in [4.69, 9.17) is 5.11 Å². The summed E-state index contributed by atoms with van der Waals surface area (Å²) in [5, 5.41) is 8.35. The van der Waals surface area contributed by atoms with Gasteiger partial charge in [-0.1, -0.05) is 45.4 Å². The van der Waals surface area contributed by atoms with Gasteiger partial charge in [0.2, 0.25) is 0 Å². The number of aliphatic carboxylic acids is 1. The molecule has 0 amide bonds. The van der Waals surface area contributed by atoms with Crippen LogP contribution in [0.3, 0.4) is 0 Å². The number of unbranched alkanes of at least 4 members (excludes halogenated alkanes) is 6. The summed E-state index contributed by atoms with van der Waals surface area (Å²) < 4.78 is 0. The highest BCUT2D eigenvalue weighted by molar-refractivity contribution is 5.66. The second-order valence-electron chi connectivity index (χ2n) is 3.27. The minimum absolute atomic E-state index is 0.341. The molecule has 0 aliphatic heterocycles. The molecule has 0 saturated heterocycles. The predicted octanol–water partition coefficient (Wildman–Crippen LogP) is 3.21. The van der Waals surface area contributed by atoms with Crippen LogP contribution < -0.4 is 0 Å². The monoisotopic (exact) mass is 173 g/mol. The van der Waals surface area contributed by atoms with Gasteiger partial charge in [0.1, 0.15) is 0 Å². The van der Waals surface area contributed by atoms with Crippen molar-refractivity contribution in [2.24, 2.45) is 0 Å². The summed E-state index contributed by atoms with van der Waals surface area (Å²) in [6.07, 6.45) is 8.64. The van der Waals surface area contributed by atoms with Gasteiger partial charge in [0.25, 0.3) is 0 Å². The van der Waals surface area contributed by atoms with Crippen LogP contribution in [0.25, 0.3) is 0 Å². The lowest BCUT2D eigenvalue weighted by Gasteiger charge is -1.98. The van der Waals surface area contributed by atoms with E-state index in [1.165, 1.54) is 32.1 Å². The molecule has 0 aliphatic carbocycles. The van der Waals surface area contributed by atoms with Crippen LogP contribution >= 0.6 is 0 Å². The van der Waals surface area contributed by atoms with Crippen LogP contribution in [0.15, 0.2) is 0 Å². The van der Waals surface area contributed by atoms with Gasteiger partial charge >= 0.3 is 5.97 Å². The maximum Gasteiger partial charge on any atom is 0.303 e. The van der Waals surface area contributed by atoms with E-state index < -0.39 is 5.97 Å². The first-order valence-electron chi connectivity index (χ1n) is 4.99. The molecule has 0 aliphatic rings. The number of hydrogen-bond donors (Lipinski definition) is 1. The van der Waals surface area contributed by atoms with Gasteiger partial charge in [-0.25, -0.2) is 0 Å². The smallest absolute Gasteiger partial charge is 0.303 e. The Labute approximate surface area is 75.0 Å². The summed E-state index contributed by atoms with van der Waals surface area (Å²) in [5.41, 5.74) is 0. The molecule has 0 atom stereocenters. The molecule has 0 spiro atoms. The van der Waals surface area contributed by atoms with Gasteiger partial charge in [0.05, 0.1) is 0 Å². The highest BCUT2D eigenvalue weighted by atomic mass is 16.4. The van der Waals surface area contributed by atoms with Crippen molar-refractivity contribution in [1.29, 1.82) is 0 Å². The van der Waals surface area contributed by atoms with E-state index in [9.17, 15) is 4.79 Å². The summed E-state index contributed by atoms with van der Waals surface area (Å²) in [6.45, 7) is 2.20. The van der Waals surface area contributed by atoms with E-state index >= 15 is 0 Å². The number of rotatable bonds is 8. The van der Waals surface area contributed by atoms with Crippen molar-refractivity contribution in [3.63, 3.8) is 0 Å². The maximum absolute atomic E-state index is 10.1. The van der Waals surface area contributed by atoms with E-state index in [1.807, 2.05) is 0 Å². The number of carbonyl (C=O) groups is 1. The van der Waals surface area contributed by atoms with Crippen molar-refractivity contribution in [1.82, 2.24) is 0 Å². The first kappa shape index (κ1) is 11.5. The predicted molar refractivity (Wildman–Crippen MR) is 50.2 cm³/mol. The second kappa shape index (κ2) is 8.57.